The molecule has 5 heteroatoms. The van der Waals surface area contributed by atoms with E-state index in [1.165, 1.54) is 0 Å². The van der Waals surface area contributed by atoms with Gasteiger partial charge in [-0.05, 0) is 37.0 Å². The van der Waals surface area contributed by atoms with Crippen LogP contribution < -0.4 is 5.73 Å². The molecule has 0 amide bonds. The topological polar surface area (TPSA) is 46.2 Å². The second-order valence-electron chi connectivity index (χ2n) is 4.73. The average molecular weight is 280 g/mol. The van der Waals surface area contributed by atoms with Crippen molar-refractivity contribution >= 4 is 12.4 Å². The Morgan fingerprint density at radius 3 is 2.39 bits per heavy atom. The van der Waals surface area contributed by atoms with Crippen molar-refractivity contribution in [2.75, 3.05) is 0 Å². The molecule has 2 nitrogen and oxygen atoms in total. The number of hydrogen-bond acceptors (Lipinski definition) is 2. The number of aliphatic hydroxyl groups excluding tert-OH is 1. The number of hydrogen-bond donors (Lipinski definition) is 2. The molecule has 0 radical (unpaired) electrons. The van der Waals surface area contributed by atoms with Gasteiger partial charge in [0.2, 0.25) is 0 Å². The molecule has 0 aliphatic heterocycles. The molecule has 0 saturated carbocycles. The summed E-state index contributed by atoms with van der Waals surface area (Å²) in [5, 5.41) is 9.82. The summed E-state index contributed by atoms with van der Waals surface area (Å²) in [5.74, 6) is -0.690. The number of nitrogens with two attached hydrogens (primary N) is 1. The van der Waals surface area contributed by atoms with Gasteiger partial charge in [0.05, 0.1) is 12.1 Å². The van der Waals surface area contributed by atoms with Gasteiger partial charge < -0.3 is 10.8 Å². The van der Waals surface area contributed by atoms with Crippen molar-refractivity contribution in [3.63, 3.8) is 0 Å². The quantitative estimate of drug-likeness (QED) is 0.869. The van der Waals surface area contributed by atoms with Crippen molar-refractivity contribution in [3.8, 4) is 0 Å². The molecule has 3 N–H and O–H groups in total. The summed E-state index contributed by atoms with van der Waals surface area (Å²) in [6, 6.07) is 2.22. The fourth-order valence-electron chi connectivity index (χ4n) is 1.66. The van der Waals surface area contributed by atoms with Crippen molar-refractivity contribution in [1.82, 2.24) is 0 Å². The van der Waals surface area contributed by atoms with Crippen molar-refractivity contribution in [1.29, 1.82) is 0 Å². The predicted molar refractivity (Wildman–Crippen MR) is 70.6 cm³/mol. The maximum Gasteiger partial charge on any atom is 0.128 e. The molecule has 0 bridgehead atoms. The van der Waals surface area contributed by atoms with Gasteiger partial charge in [-0.15, -0.1) is 12.4 Å². The maximum absolute atomic E-state index is 13.4. The van der Waals surface area contributed by atoms with E-state index in [-0.39, 0.29) is 18.0 Å². The lowest BCUT2D eigenvalue weighted by molar-refractivity contribution is 0.126. The summed E-state index contributed by atoms with van der Waals surface area (Å²) in [6.45, 7) is 4.06. The third kappa shape index (κ3) is 4.88. The first-order valence-electron chi connectivity index (χ1n) is 5.80. The standard InChI is InChI=1S/C13H19F2NO.ClH/c1-8(2)3-6-12(17)13(16)10-7-9(14)4-5-11(10)15;/h4-5,7-8,12-13,17H,3,6,16H2,1-2H3;1H/t12-,13+;/m0./s1. The van der Waals surface area contributed by atoms with E-state index in [1.54, 1.807) is 0 Å². The van der Waals surface area contributed by atoms with Gasteiger partial charge >= 0.3 is 0 Å². The highest BCUT2D eigenvalue weighted by Gasteiger charge is 2.20. The molecular formula is C13H20ClF2NO. The molecule has 1 rings (SSSR count). The molecule has 2 atom stereocenters. The van der Waals surface area contributed by atoms with Crippen LogP contribution >= 0.6 is 12.4 Å². The molecule has 0 aromatic heterocycles. The van der Waals surface area contributed by atoms with Gasteiger partial charge in [0.25, 0.3) is 0 Å². The minimum absolute atomic E-state index is 0. The Balaban J connectivity index is 0.00000289. The van der Waals surface area contributed by atoms with Crippen LogP contribution in [0.4, 0.5) is 8.78 Å². The van der Waals surface area contributed by atoms with Gasteiger partial charge in [-0.25, -0.2) is 8.78 Å². The Hall–Kier alpha value is -0.710. The Kier molecular flexibility index (Phi) is 7.36. The molecule has 0 fully saturated rings. The molecule has 0 spiro atoms. The van der Waals surface area contributed by atoms with Crippen LogP contribution in [-0.4, -0.2) is 11.2 Å². The van der Waals surface area contributed by atoms with Gasteiger partial charge in [-0.3, -0.25) is 0 Å². The second-order valence-corrected chi connectivity index (χ2v) is 4.73. The monoisotopic (exact) mass is 279 g/mol. The number of benzene rings is 1. The van der Waals surface area contributed by atoms with Gasteiger partial charge in [0.1, 0.15) is 11.6 Å². The van der Waals surface area contributed by atoms with E-state index in [2.05, 4.69) is 0 Å². The molecule has 0 unspecified atom stereocenters. The summed E-state index contributed by atoms with van der Waals surface area (Å²) >= 11 is 0. The summed E-state index contributed by atoms with van der Waals surface area (Å²) in [4.78, 5) is 0. The van der Waals surface area contributed by atoms with Crippen LogP contribution in [0.3, 0.4) is 0 Å². The smallest absolute Gasteiger partial charge is 0.128 e. The molecule has 0 aliphatic carbocycles. The lowest BCUT2D eigenvalue weighted by atomic mass is 9.95. The van der Waals surface area contributed by atoms with E-state index in [1.807, 2.05) is 13.8 Å². The van der Waals surface area contributed by atoms with E-state index in [0.29, 0.717) is 12.3 Å². The zero-order valence-electron chi connectivity index (χ0n) is 10.6. The Bertz CT molecular complexity index is 374. The fourth-order valence-corrected chi connectivity index (χ4v) is 1.66. The van der Waals surface area contributed by atoms with E-state index in [0.717, 1.165) is 24.6 Å². The molecular weight excluding hydrogens is 260 g/mol. The van der Waals surface area contributed by atoms with Gasteiger partial charge in [-0.2, -0.15) is 0 Å². The van der Waals surface area contributed by atoms with Crippen LogP contribution in [0.5, 0.6) is 0 Å². The van der Waals surface area contributed by atoms with Crippen molar-refractivity contribution in [2.45, 2.75) is 38.8 Å². The first-order valence-corrected chi connectivity index (χ1v) is 5.80. The van der Waals surface area contributed by atoms with Crippen LogP contribution in [-0.2, 0) is 0 Å². The van der Waals surface area contributed by atoms with Crippen LogP contribution in [0.25, 0.3) is 0 Å². The van der Waals surface area contributed by atoms with Crippen LogP contribution in [0.15, 0.2) is 18.2 Å². The highest BCUT2D eigenvalue weighted by Crippen LogP contribution is 2.22. The van der Waals surface area contributed by atoms with Crippen LogP contribution in [0.1, 0.15) is 38.3 Å². The van der Waals surface area contributed by atoms with Crippen molar-refractivity contribution < 1.29 is 13.9 Å². The lowest BCUT2D eigenvalue weighted by Gasteiger charge is -2.20. The zero-order chi connectivity index (χ0) is 13.0. The first-order chi connectivity index (χ1) is 7.91. The second kappa shape index (κ2) is 7.67. The first kappa shape index (κ1) is 17.3. The number of rotatable bonds is 5. The van der Waals surface area contributed by atoms with E-state index >= 15 is 0 Å². The summed E-state index contributed by atoms with van der Waals surface area (Å²) in [6.07, 6.45) is 0.425. The Morgan fingerprint density at radius 1 is 1.22 bits per heavy atom. The van der Waals surface area contributed by atoms with E-state index in [4.69, 9.17) is 5.73 Å². The van der Waals surface area contributed by atoms with Gasteiger partial charge in [-0.1, -0.05) is 13.8 Å². The third-order valence-electron chi connectivity index (χ3n) is 2.77. The van der Waals surface area contributed by atoms with Crippen LogP contribution in [0.2, 0.25) is 0 Å². The maximum atomic E-state index is 13.4. The fraction of sp³-hybridized carbons (Fsp3) is 0.538. The van der Waals surface area contributed by atoms with Gasteiger partial charge in [0, 0.05) is 5.56 Å². The number of aliphatic hydroxyl groups is 1. The largest absolute Gasteiger partial charge is 0.391 e. The van der Waals surface area contributed by atoms with Crippen molar-refractivity contribution in [3.05, 3.63) is 35.4 Å². The van der Waals surface area contributed by atoms with Crippen molar-refractivity contribution in [2.24, 2.45) is 11.7 Å². The predicted octanol–water partition coefficient (Wildman–Crippen LogP) is 3.18. The van der Waals surface area contributed by atoms with E-state index < -0.39 is 23.8 Å². The SMILES string of the molecule is CC(C)CC[C@H](O)[C@H](N)c1cc(F)ccc1F.Cl. The summed E-state index contributed by atoms with van der Waals surface area (Å²) in [7, 11) is 0. The average Bonchev–Trinajstić information content (AvgIpc) is 2.28. The molecule has 1 aromatic rings. The highest BCUT2D eigenvalue weighted by atomic mass is 35.5. The molecule has 0 heterocycles. The van der Waals surface area contributed by atoms with E-state index in [9.17, 15) is 13.9 Å². The summed E-state index contributed by atoms with van der Waals surface area (Å²) in [5.41, 5.74) is 5.77. The Morgan fingerprint density at radius 2 is 1.83 bits per heavy atom. The number of halogens is 3. The van der Waals surface area contributed by atoms with Crippen LogP contribution in [0, 0.1) is 17.6 Å². The minimum atomic E-state index is -0.885. The molecule has 0 aliphatic rings. The Labute approximate surface area is 113 Å². The highest BCUT2D eigenvalue weighted by molar-refractivity contribution is 5.85. The molecule has 0 saturated heterocycles. The zero-order valence-corrected chi connectivity index (χ0v) is 11.4. The summed E-state index contributed by atoms with van der Waals surface area (Å²) < 4.78 is 26.4. The van der Waals surface area contributed by atoms with Gasteiger partial charge in [0.15, 0.2) is 0 Å². The molecule has 18 heavy (non-hydrogen) atoms. The molecule has 1 aromatic carbocycles. The lowest BCUT2D eigenvalue weighted by Crippen LogP contribution is -2.27. The third-order valence-corrected chi connectivity index (χ3v) is 2.77. The molecule has 104 valence electrons. The minimum Gasteiger partial charge on any atom is -0.391 e. The normalized spacial score (nSPS) is 14.2.